The summed E-state index contributed by atoms with van der Waals surface area (Å²) >= 11 is 0. The summed E-state index contributed by atoms with van der Waals surface area (Å²) in [5.41, 5.74) is 0.884. The molecule has 0 unspecified atom stereocenters. The smallest absolute Gasteiger partial charge is 0.261 e. The first-order chi connectivity index (χ1) is 9.52. The summed E-state index contributed by atoms with van der Waals surface area (Å²) in [7, 11) is 1.63. The van der Waals surface area contributed by atoms with Crippen LogP contribution in [0.2, 0.25) is 0 Å². The fourth-order valence-electron chi connectivity index (χ4n) is 1.79. The summed E-state index contributed by atoms with van der Waals surface area (Å²) < 4.78 is 12.9. The molecule has 1 heterocycles. The maximum absolute atomic E-state index is 12.9. The minimum absolute atomic E-state index is 0.0974. The molecular formula is C15H15FN2O2. The number of rotatable bonds is 3. The van der Waals surface area contributed by atoms with Gasteiger partial charge in [-0.15, -0.1) is 0 Å². The molecule has 0 atom stereocenters. The zero-order chi connectivity index (χ0) is 14.7. The second-order valence-electron chi connectivity index (χ2n) is 4.44. The molecule has 0 aliphatic heterocycles. The Bertz CT molecular complexity index is 677. The maximum atomic E-state index is 12.9. The number of H-pyrrole nitrogens is 1. The Morgan fingerprint density at radius 2 is 1.85 bits per heavy atom. The molecule has 2 rings (SSSR count). The third kappa shape index (κ3) is 2.77. The van der Waals surface area contributed by atoms with Crippen molar-refractivity contribution in [3.05, 3.63) is 58.1 Å². The van der Waals surface area contributed by atoms with Gasteiger partial charge < -0.3 is 9.88 Å². The summed E-state index contributed by atoms with van der Waals surface area (Å²) in [4.78, 5) is 28.0. The molecule has 4 nitrogen and oxygen atoms in total. The number of aromatic amines is 1. The van der Waals surface area contributed by atoms with Crippen molar-refractivity contribution in [3.63, 3.8) is 0 Å². The normalized spacial score (nSPS) is 10.3. The van der Waals surface area contributed by atoms with Gasteiger partial charge in [0.05, 0.1) is 0 Å². The fraction of sp³-hybridized carbons (Fsp3) is 0.200. The lowest BCUT2D eigenvalue weighted by atomic mass is 10.1. The van der Waals surface area contributed by atoms with E-state index in [1.807, 2.05) is 6.92 Å². The van der Waals surface area contributed by atoms with E-state index < -0.39 is 5.56 Å². The van der Waals surface area contributed by atoms with E-state index in [4.69, 9.17) is 0 Å². The average Bonchev–Trinajstić information content (AvgIpc) is 2.46. The molecule has 1 aromatic heterocycles. The van der Waals surface area contributed by atoms with Gasteiger partial charge in [-0.05, 0) is 48.9 Å². The zero-order valence-electron chi connectivity index (χ0n) is 11.3. The molecule has 0 spiro atoms. The second kappa shape index (κ2) is 5.69. The Hall–Kier alpha value is -2.43. The molecule has 20 heavy (non-hydrogen) atoms. The summed E-state index contributed by atoms with van der Waals surface area (Å²) in [6.45, 7) is 2.36. The molecule has 0 bridgehead atoms. The van der Waals surface area contributed by atoms with E-state index in [2.05, 4.69) is 4.98 Å². The van der Waals surface area contributed by atoms with Crippen molar-refractivity contribution in [2.24, 2.45) is 0 Å². The van der Waals surface area contributed by atoms with Crippen LogP contribution in [-0.2, 0) is 0 Å². The van der Waals surface area contributed by atoms with Gasteiger partial charge in [0, 0.05) is 19.3 Å². The van der Waals surface area contributed by atoms with Crippen LogP contribution in [0.25, 0.3) is 11.3 Å². The standard InChI is InChI=1S/C15H15FN2O2/c1-3-18(2)15(20)12-8-9-13(17-14(12)19)10-4-6-11(16)7-5-10/h4-9H,3H2,1-2H3,(H,17,19). The molecule has 0 saturated carbocycles. The van der Waals surface area contributed by atoms with Crippen LogP contribution in [0, 0.1) is 5.82 Å². The van der Waals surface area contributed by atoms with Gasteiger partial charge in [-0.25, -0.2) is 4.39 Å². The Morgan fingerprint density at radius 3 is 2.40 bits per heavy atom. The van der Waals surface area contributed by atoms with Gasteiger partial charge in [-0.3, -0.25) is 9.59 Å². The average molecular weight is 274 g/mol. The van der Waals surface area contributed by atoms with Crippen LogP contribution in [0.5, 0.6) is 0 Å². The van der Waals surface area contributed by atoms with Crippen LogP contribution >= 0.6 is 0 Å². The summed E-state index contributed by atoms with van der Waals surface area (Å²) in [6, 6.07) is 8.91. The van der Waals surface area contributed by atoms with E-state index in [0.29, 0.717) is 17.8 Å². The Labute approximate surface area is 115 Å². The van der Waals surface area contributed by atoms with Gasteiger partial charge in [0.1, 0.15) is 11.4 Å². The molecule has 0 aliphatic carbocycles. The molecule has 0 fully saturated rings. The van der Waals surface area contributed by atoms with Gasteiger partial charge in [0.2, 0.25) is 0 Å². The minimum Gasteiger partial charge on any atom is -0.342 e. The van der Waals surface area contributed by atoms with Crippen molar-refractivity contribution in [2.45, 2.75) is 6.92 Å². The van der Waals surface area contributed by atoms with Crippen LogP contribution in [0.4, 0.5) is 4.39 Å². The summed E-state index contributed by atoms with van der Waals surface area (Å²) in [6.07, 6.45) is 0. The van der Waals surface area contributed by atoms with Crippen LogP contribution < -0.4 is 5.56 Å². The van der Waals surface area contributed by atoms with Crippen molar-refractivity contribution >= 4 is 5.91 Å². The number of hydrogen-bond donors (Lipinski definition) is 1. The largest absolute Gasteiger partial charge is 0.342 e. The van der Waals surface area contributed by atoms with Crippen molar-refractivity contribution in [3.8, 4) is 11.3 Å². The first-order valence-electron chi connectivity index (χ1n) is 6.27. The molecule has 5 heteroatoms. The SMILES string of the molecule is CCN(C)C(=O)c1ccc(-c2ccc(F)cc2)[nH]c1=O. The summed E-state index contributed by atoms with van der Waals surface area (Å²) in [5.74, 6) is -0.660. The third-order valence-corrected chi connectivity index (χ3v) is 3.12. The van der Waals surface area contributed by atoms with E-state index in [9.17, 15) is 14.0 Å². The molecule has 2 aromatic rings. The van der Waals surface area contributed by atoms with E-state index in [1.165, 1.54) is 23.1 Å². The first-order valence-corrected chi connectivity index (χ1v) is 6.27. The fourth-order valence-corrected chi connectivity index (χ4v) is 1.79. The van der Waals surface area contributed by atoms with Gasteiger partial charge in [0.15, 0.2) is 0 Å². The highest BCUT2D eigenvalue weighted by atomic mass is 19.1. The lowest BCUT2D eigenvalue weighted by molar-refractivity contribution is 0.0800. The van der Waals surface area contributed by atoms with Crippen LogP contribution in [-0.4, -0.2) is 29.4 Å². The molecular weight excluding hydrogens is 259 g/mol. The van der Waals surface area contributed by atoms with Crippen molar-refractivity contribution in [1.29, 1.82) is 0 Å². The van der Waals surface area contributed by atoms with Gasteiger partial charge in [-0.2, -0.15) is 0 Å². The van der Waals surface area contributed by atoms with E-state index in [-0.39, 0.29) is 17.3 Å². The second-order valence-corrected chi connectivity index (χ2v) is 4.44. The van der Waals surface area contributed by atoms with Crippen LogP contribution in [0.15, 0.2) is 41.2 Å². The van der Waals surface area contributed by atoms with Crippen LogP contribution in [0.1, 0.15) is 17.3 Å². The molecule has 0 saturated heterocycles. The Balaban J connectivity index is 2.37. The Morgan fingerprint density at radius 1 is 1.20 bits per heavy atom. The van der Waals surface area contributed by atoms with Crippen molar-refractivity contribution < 1.29 is 9.18 Å². The number of aromatic nitrogens is 1. The Kier molecular flexibility index (Phi) is 3.98. The highest BCUT2D eigenvalue weighted by Gasteiger charge is 2.14. The van der Waals surface area contributed by atoms with Gasteiger partial charge in [0.25, 0.3) is 11.5 Å². The molecule has 1 N–H and O–H groups in total. The minimum atomic E-state index is -0.447. The highest BCUT2D eigenvalue weighted by Crippen LogP contribution is 2.16. The molecule has 0 aliphatic rings. The molecule has 1 amide bonds. The monoisotopic (exact) mass is 274 g/mol. The number of halogens is 1. The third-order valence-electron chi connectivity index (χ3n) is 3.12. The number of amides is 1. The van der Waals surface area contributed by atoms with Gasteiger partial charge in [-0.1, -0.05) is 0 Å². The zero-order valence-corrected chi connectivity index (χ0v) is 11.3. The lowest BCUT2D eigenvalue weighted by Crippen LogP contribution is -2.31. The van der Waals surface area contributed by atoms with E-state index >= 15 is 0 Å². The first kappa shape index (κ1) is 14.0. The number of pyridine rings is 1. The van der Waals surface area contributed by atoms with Gasteiger partial charge >= 0.3 is 0 Å². The molecule has 0 radical (unpaired) electrons. The molecule has 1 aromatic carbocycles. The quantitative estimate of drug-likeness (QED) is 0.933. The van der Waals surface area contributed by atoms with Crippen molar-refractivity contribution in [1.82, 2.24) is 9.88 Å². The number of benzene rings is 1. The highest BCUT2D eigenvalue weighted by molar-refractivity contribution is 5.93. The van der Waals surface area contributed by atoms with E-state index in [0.717, 1.165) is 0 Å². The maximum Gasteiger partial charge on any atom is 0.261 e. The lowest BCUT2D eigenvalue weighted by Gasteiger charge is -2.13. The topological polar surface area (TPSA) is 53.2 Å². The number of carbonyl (C=O) groups is 1. The number of hydrogen-bond acceptors (Lipinski definition) is 2. The predicted molar refractivity (Wildman–Crippen MR) is 75.1 cm³/mol. The predicted octanol–water partition coefficient (Wildman–Crippen LogP) is 2.27. The van der Waals surface area contributed by atoms with E-state index in [1.54, 1.807) is 25.2 Å². The molecule has 104 valence electrons. The van der Waals surface area contributed by atoms with Crippen molar-refractivity contribution in [2.75, 3.05) is 13.6 Å². The number of nitrogens with one attached hydrogen (secondary N) is 1. The number of nitrogens with zero attached hydrogens (tertiary/aromatic N) is 1. The number of carbonyl (C=O) groups excluding carboxylic acids is 1. The van der Waals surface area contributed by atoms with Crippen LogP contribution in [0.3, 0.4) is 0 Å². The summed E-state index contributed by atoms with van der Waals surface area (Å²) in [5, 5.41) is 0.